The third kappa shape index (κ3) is 3.12. The van der Waals surface area contributed by atoms with Crippen molar-refractivity contribution in [2.24, 2.45) is 0 Å². The van der Waals surface area contributed by atoms with Crippen LogP contribution in [0.4, 0.5) is 0 Å². The van der Waals surface area contributed by atoms with Crippen molar-refractivity contribution in [2.45, 2.75) is 26.7 Å². The summed E-state index contributed by atoms with van der Waals surface area (Å²) < 4.78 is 5.64. The zero-order valence-electron chi connectivity index (χ0n) is 11.6. The van der Waals surface area contributed by atoms with Crippen LogP contribution in [0.1, 0.15) is 41.4 Å². The third-order valence-corrected chi connectivity index (χ3v) is 2.91. The number of rotatable bonds is 4. The molecule has 0 unspecified atom stereocenters. The molecule has 0 atom stereocenters. The number of aryl methyl sites for hydroxylation is 1. The molecule has 2 aromatic rings. The molecule has 1 N–H and O–H groups in total. The average Bonchev–Trinajstić information content (AvgIpc) is 2.38. The lowest BCUT2D eigenvalue weighted by atomic mass is 10.1. The first-order chi connectivity index (χ1) is 9.47. The Morgan fingerprint density at radius 3 is 2.60 bits per heavy atom. The number of hydrogen-bond acceptors (Lipinski definition) is 4. The second-order valence-electron chi connectivity index (χ2n) is 4.82. The van der Waals surface area contributed by atoms with Crippen molar-refractivity contribution in [3.63, 3.8) is 0 Å². The maximum absolute atomic E-state index is 10.9. The monoisotopic (exact) mass is 272 g/mol. The molecular formula is C15H16N2O3. The first kappa shape index (κ1) is 14.0. The molecule has 5 heteroatoms. The highest BCUT2D eigenvalue weighted by Crippen LogP contribution is 2.24. The van der Waals surface area contributed by atoms with Gasteiger partial charge in [-0.3, -0.25) is 0 Å². The van der Waals surface area contributed by atoms with Gasteiger partial charge < -0.3 is 9.84 Å². The topological polar surface area (TPSA) is 72.3 Å². The highest BCUT2D eigenvalue weighted by molar-refractivity contribution is 5.89. The van der Waals surface area contributed by atoms with Crippen LogP contribution in [0.25, 0.3) is 0 Å². The molecule has 0 aliphatic carbocycles. The third-order valence-electron chi connectivity index (χ3n) is 2.91. The summed E-state index contributed by atoms with van der Waals surface area (Å²) in [4.78, 5) is 19.2. The summed E-state index contributed by atoms with van der Waals surface area (Å²) in [6.45, 7) is 5.81. The Hall–Kier alpha value is -2.43. The summed E-state index contributed by atoms with van der Waals surface area (Å²) in [6, 6.07) is 6.61. The van der Waals surface area contributed by atoms with Gasteiger partial charge in [-0.1, -0.05) is 13.8 Å². The smallest absolute Gasteiger partial charge is 0.335 e. The lowest BCUT2D eigenvalue weighted by Crippen LogP contribution is -2.00. The number of carboxylic acids is 1. The molecule has 0 aliphatic rings. The molecule has 0 saturated heterocycles. The van der Waals surface area contributed by atoms with E-state index in [1.165, 1.54) is 12.4 Å². The molecule has 0 fully saturated rings. The Bertz CT molecular complexity index is 639. The molecule has 0 amide bonds. The van der Waals surface area contributed by atoms with Crippen molar-refractivity contribution in [1.29, 1.82) is 0 Å². The summed E-state index contributed by atoms with van der Waals surface area (Å²) in [5.41, 5.74) is 1.81. The van der Waals surface area contributed by atoms with Gasteiger partial charge in [0.2, 0.25) is 5.88 Å². The standard InChI is InChI=1S/C15H16N2O3/c1-9(2)13-7-14(17-8-16-13)20-11-4-5-12(15(18)19)10(3)6-11/h4-9H,1-3H3,(H,18,19). The van der Waals surface area contributed by atoms with Gasteiger partial charge in [-0.05, 0) is 36.6 Å². The van der Waals surface area contributed by atoms with Gasteiger partial charge in [-0.15, -0.1) is 0 Å². The predicted octanol–water partition coefficient (Wildman–Crippen LogP) is 3.40. The van der Waals surface area contributed by atoms with Crippen molar-refractivity contribution >= 4 is 5.97 Å². The van der Waals surface area contributed by atoms with E-state index in [0.717, 1.165) is 5.69 Å². The van der Waals surface area contributed by atoms with Crippen LogP contribution in [0.5, 0.6) is 11.6 Å². The first-order valence-electron chi connectivity index (χ1n) is 6.31. The summed E-state index contributed by atoms with van der Waals surface area (Å²) in [5.74, 6) is 0.349. The zero-order valence-corrected chi connectivity index (χ0v) is 11.6. The minimum atomic E-state index is -0.946. The molecule has 104 valence electrons. The number of hydrogen-bond donors (Lipinski definition) is 1. The van der Waals surface area contributed by atoms with Crippen molar-refractivity contribution in [3.05, 3.63) is 47.4 Å². The second kappa shape index (κ2) is 5.69. The van der Waals surface area contributed by atoms with Crippen LogP contribution in [0, 0.1) is 6.92 Å². The minimum Gasteiger partial charge on any atom is -0.478 e. The fourth-order valence-electron chi connectivity index (χ4n) is 1.79. The molecule has 1 aromatic carbocycles. The predicted molar refractivity (Wildman–Crippen MR) is 74.3 cm³/mol. The molecule has 20 heavy (non-hydrogen) atoms. The first-order valence-corrected chi connectivity index (χ1v) is 6.31. The van der Waals surface area contributed by atoms with Gasteiger partial charge in [-0.25, -0.2) is 14.8 Å². The van der Waals surface area contributed by atoms with Crippen LogP contribution in [-0.2, 0) is 0 Å². The van der Waals surface area contributed by atoms with Crippen LogP contribution in [-0.4, -0.2) is 21.0 Å². The minimum absolute atomic E-state index is 0.267. The number of carbonyl (C=O) groups is 1. The van der Waals surface area contributed by atoms with Gasteiger partial charge in [0.05, 0.1) is 11.3 Å². The van der Waals surface area contributed by atoms with E-state index in [-0.39, 0.29) is 11.5 Å². The number of aromatic carboxylic acids is 1. The summed E-state index contributed by atoms with van der Waals surface area (Å²) in [6.07, 6.45) is 1.46. The Balaban J connectivity index is 2.24. The molecule has 0 radical (unpaired) electrons. The molecule has 0 spiro atoms. The molecule has 0 aliphatic heterocycles. The maximum Gasteiger partial charge on any atom is 0.335 e. The van der Waals surface area contributed by atoms with Crippen LogP contribution in [0.3, 0.4) is 0 Å². The van der Waals surface area contributed by atoms with Crippen molar-refractivity contribution in [1.82, 2.24) is 9.97 Å². The molecule has 1 heterocycles. The number of carboxylic acid groups (broad SMARTS) is 1. The van der Waals surface area contributed by atoms with Crippen molar-refractivity contribution < 1.29 is 14.6 Å². The molecule has 5 nitrogen and oxygen atoms in total. The van der Waals surface area contributed by atoms with Gasteiger partial charge in [0, 0.05) is 6.07 Å². The van der Waals surface area contributed by atoms with E-state index in [2.05, 4.69) is 9.97 Å². The van der Waals surface area contributed by atoms with E-state index >= 15 is 0 Å². The van der Waals surface area contributed by atoms with Crippen LogP contribution in [0.2, 0.25) is 0 Å². The molecule has 0 bridgehead atoms. The number of aromatic nitrogens is 2. The van der Waals surface area contributed by atoms with Crippen molar-refractivity contribution in [2.75, 3.05) is 0 Å². The Kier molecular flexibility index (Phi) is 3.98. The van der Waals surface area contributed by atoms with Crippen molar-refractivity contribution in [3.8, 4) is 11.6 Å². The molecular weight excluding hydrogens is 256 g/mol. The average molecular weight is 272 g/mol. The summed E-state index contributed by atoms with van der Waals surface area (Å²) in [7, 11) is 0. The number of ether oxygens (including phenoxy) is 1. The van der Waals surface area contributed by atoms with Gasteiger partial charge in [0.25, 0.3) is 0 Å². The van der Waals surface area contributed by atoms with Gasteiger partial charge in [0.1, 0.15) is 12.1 Å². The quantitative estimate of drug-likeness (QED) is 0.923. The van der Waals surface area contributed by atoms with E-state index in [9.17, 15) is 4.79 Å². The normalized spacial score (nSPS) is 10.6. The highest BCUT2D eigenvalue weighted by Gasteiger charge is 2.09. The largest absolute Gasteiger partial charge is 0.478 e. The van der Waals surface area contributed by atoms with Gasteiger partial charge in [0.15, 0.2) is 0 Å². The van der Waals surface area contributed by atoms with E-state index in [4.69, 9.17) is 9.84 Å². The lowest BCUT2D eigenvalue weighted by Gasteiger charge is -2.09. The fourth-order valence-corrected chi connectivity index (χ4v) is 1.79. The Morgan fingerprint density at radius 1 is 1.25 bits per heavy atom. The van der Waals surface area contributed by atoms with Crippen LogP contribution in [0.15, 0.2) is 30.6 Å². The van der Waals surface area contributed by atoms with E-state index in [0.29, 0.717) is 17.2 Å². The lowest BCUT2D eigenvalue weighted by molar-refractivity contribution is 0.0696. The summed E-state index contributed by atoms with van der Waals surface area (Å²) >= 11 is 0. The maximum atomic E-state index is 10.9. The van der Waals surface area contributed by atoms with E-state index < -0.39 is 5.97 Å². The van der Waals surface area contributed by atoms with Crippen LogP contribution >= 0.6 is 0 Å². The van der Waals surface area contributed by atoms with E-state index in [1.54, 1.807) is 25.1 Å². The molecule has 0 saturated carbocycles. The Morgan fingerprint density at radius 2 is 2.00 bits per heavy atom. The summed E-state index contributed by atoms with van der Waals surface area (Å²) in [5, 5.41) is 8.98. The SMILES string of the molecule is Cc1cc(Oc2cc(C(C)C)ncn2)ccc1C(=O)O. The molecule has 2 rings (SSSR count). The van der Waals surface area contributed by atoms with Crippen LogP contribution < -0.4 is 4.74 Å². The highest BCUT2D eigenvalue weighted by atomic mass is 16.5. The molecule has 1 aromatic heterocycles. The van der Waals surface area contributed by atoms with E-state index in [1.807, 2.05) is 13.8 Å². The van der Waals surface area contributed by atoms with Gasteiger partial charge >= 0.3 is 5.97 Å². The second-order valence-corrected chi connectivity index (χ2v) is 4.82. The zero-order chi connectivity index (χ0) is 14.7. The fraction of sp³-hybridized carbons (Fsp3) is 0.267. The van der Waals surface area contributed by atoms with Gasteiger partial charge in [-0.2, -0.15) is 0 Å². The number of nitrogens with zero attached hydrogens (tertiary/aromatic N) is 2. The Labute approximate surface area is 117 Å². The number of benzene rings is 1.